The Morgan fingerprint density at radius 1 is 1.45 bits per heavy atom. The van der Waals surface area contributed by atoms with E-state index in [1.165, 1.54) is 12.0 Å². The minimum Gasteiger partial charge on any atom is -0.355 e. The molecular weight excluding hydrogens is 248 g/mol. The average Bonchev–Trinajstić information content (AvgIpc) is 2.95. The van der Waals surface area contributed by atoms with Gasteiger partial charge in [-0.2, -0.15) is 0 Å². The fourth-order valence-electron chi connectivity index (χ4n) is 2.69. The van der Waals surface area contributed by atoms with Crippen LogP contribution in [0.5, 0.6) is 0 Å². The Hall–Kier alpha value is -1.13. The molecule has 4 heteroatoms. The smallest absolute Gasteiger partial charge is 0.128 e. The van der Waals surface area contributed by atoms with Crippen molar-refractivity contribution in [2.24, 2.45) is 0 Å². The molecule has 1 aliphatic rings. The predicted molar refractivity (Wildman–Crippen MR) is 85.3 cm³/mol. The lowest BCUT2D eigenvalue weighted by atomic mass is 10.1. The fraction of sp³-hybridized carbons (Fsp3) is 0.688. The van der Waals surface area contributed by atoms with E-state index >= 15 is 0 Å². The second kappa shape index (κ2) is 7.04. The van der Waals surface area contributed by atoms with Crippen molar-refractivity contribution in [3.05, 3.63) is 23.9 Å². The Morgan fingerprint density at radius 2 is 2.25 bits per heavy atom. The van der Waals surface area contributed by atoms with E-state index in [2.05, 4.69) is 60.2 Å². The van der Waals surface area contributed by atoms with Crippen molar-refractivity contribution in [1.29, 1.82) is 0 Å². The van der Waals surface area contributed by atoms with Crippen molar-refractivity contribution < 1.29 is 0 Å². The minimum absolute atomic E-state index is 0.379. The summed E-state index contributed by atoms with van der Waals surface area (Å²) in [6.45, 7) is 7.64. The van der Waals surface area contributed by atoms with Crippen molar-refractivity contribution in [2.75, 3.05) is 38.6 Å². The molecule has 1 fully saturated rings. The third-order valence-corrected chi connectivity index (χ3v) is 4.19. The molecule has 2 unspecified atom stereocenters. The van der Waals surface area contributed by atoms with E-state index in [-0.39, 0.29) is 0 Å². The number of anilines is 1. The normalized spacial score (nSPS) is 20.6. The Morgan fingerprint density at radius 3 is 2.80 bits per heavy atom. The summed E-state index contributed by atoms with van der Waals surface area (Å²) in [5.74, 6) is 1.11. The van der Waals surface area contributed by atoms with Gasteiger partial charge in [0.2, 0.25) is 0 Å². The first-order valence-electron chi connectivity index (χ1n) is 7.72. The largest absolute Gasteiger partial charge is 0.355 e. The molecule has 1 saturated heterocycles. The molecule has 2 rings (SSSR count). The van der Waals surface area contributed by atoms with E-state index < -0.39 is 0 Å². The lowest BCUT2D eigenvalue weighted by Gasteiger charge is -2.21. The summed E-state index contributed by atoms with van der Waals surface area (Å²) in [6.07, 6.45) is 4.41. The minimum atomic E-state index is 0.379. The van der Waals surface area contributed by atoms with Crippen LogP contribution in [0, 0.1) is 0 Å². The van der Waals surface area contributed by atoms with Crippen LogP contribution in [-0.2, 0) is 0 Å². The van der Waals surface area contributed by atoms with Gasteiger partial charge in [-0.3, -0.25) is 0 Å². The fourth-order valence-corrected chi connectivity index (χ4v) is 2.69. The van der Waals surface area contributed by atoms with Gasteiger partial charge in [0.25, 0.3) is 0 Å². The van der Waals surface area contributed by atoms with Gasteiger partial charge in [0.15, 0.2) is 0 Å². The molecule has 112 valence electrons. The number of hydrogen-bond donors (Lipinski definition) is 1. The van der Waals surface area contributed by atoms with Gasteiger partial charge < -0.3 is 15.1 Å². The highest BCUT2D eigenvalue weighted by atomic mass is 15.3. The Bertz CT molecular complexity index is 401. The first kappa shape index (κ1) is 15.3. The molecule has 0 aromatic carbocycles. The van der Waals surface area contributed by atoms with Crippen LogP contribution in [0.1, 0.15) is 38.3 Å². The summed E-state index contributed by atoms with van der Waals surface area (Å²) in [5.41, 5.74) is 1.27. The van der Waals surface area contributed by atoms with Crippen molar-refractivity contribution >= 4 is 5.82 Å². The Kier molecular flexibility index (Phi) is 5.38. The van der Waals surface area contributed by atoms with Crippen molar-refractivity contribution in [3.63, 3.8) is 0 Å². The summed E-state index contributed by atoms with van der Waals surface area (Å²) in [7, 11) is 4.32. The summed E-state index contributed by atoms with van der Waals surface area (Å²) in [6, 6.07) is 5.40. The molecule has 0 bridgehead atoms. The molecule has 0 aliphatic carbocycles. The number of rotatable bonds is 6. The monoisotopic (exact) mass is 276 g/mol. The van der Waals surface area contributed by atoms with Crippen LogP contribution in [0.15, 0.2) is 18.3 Å². The zero-order valence-corrected chi connectivity index (χ0v) is 13.3. The molecule has 2 atom stereocenters. The summed E-state index contributed by atoms with van der Waals surface area (Å²) in [5, 5.41) is 3.50. The maximum absolute atomic E-state index is 4.65. The van der Waals surface area contributed by atoms with Gasteiger partial charge in [0.05, 0.1) is 0 Å². The second-order valence-corrected chi connectivity index (χ2v) is 5.98. The lowest BCUT2D eigenvalue weighted by molar-refractivity contribution is 0.315. The summed E-state index contributed by atoms with van der Waals surface area (Å²) in [4.78, 5) is 9.35. The van der Waals surface area contributed by atoms with Gasteiger partial charge in [-0.25, -0.2) is 4.98 Å². The lowest BCUT2D eigenvalue weighted by Crippen LogP contribution is -2.31. The zero-order chi connectivity index (χ0) is 14.5. The topological polar surface area (TPSA) is 31.4 Å². The molecule has 2 heterocycles. The summed E-state index contributed by atoms with van der Waals surface area (Å²) >= 11 is 0. The molecule has 1 aliphatic heterocycles. The van der Waals surface area contributed by atoms with Crippen LogP contribution >= 0.6 is 0 Å². The molecular formula is C16H28N4. The van der Waals surface area contributed by atoms with Gasteiger partial charge in [-0.15, -0.1) is 0 Å². The number of likely N-dealkylation sites (N-methyl/N-ethyl adjacent to an activating group) is 1. The zero-order valence-electron chi connectivity index (χ0n) is 13.3. The third-order valence-electron chi connectivity index (χ3n) is 4.19. The van der Waals surface area contributed by atoms with Gasteiger partial charge in [0, 0.05) is 31.4 Å². The molecule has 1 aromatic rings. The number of hydrogen-bond acceptors (Lipinski definition) is 4. The maximum Gasteiger partial charge on any atom is 0.128 e. The molecule has 20 heavy (non-hydrogen) atoms. The first-order valence-corrected chi connectivity index (χ1v) is 7.72. The molecule has 0 spiro atoms. The number of pyridine rings is 1. The number of nitrogens with one attached hydrogen (secondary N) is 1. The van der Waals surface area contributed by atoms with E-state index in [9.17, 15) is 0 Å². The highest BCUT2D eigenvalue weighted by Crippen LogP contribution is 2.21. The van der Waals surface area contributed by atoms with Gasteiger partial charge in [-0.1, -0.05) is 13.0 Å². The molecule has 0 radical (unpaired) electrons. The number of aromatic nitrogens is 1. The first-order chi connectivity index (χ1) is 9.61. The van der Waals surface area contributed by atoms with Gasteiger partial charge >= 0.3 is 0 Å². The molecule has 0 saturated carbocycles. The quantitative estimate of drug-likeness (QED) is 0.864. The second-order valence-electron chi connectivity index (χ2n) is 5.98. The molecule has 4 nitrogen and oxygen atoms in total. The van der Waals surface area contributed by atoms with Crippen LogP contribution in [0.2, 0.25) is 0 Å². The van der Waals surface area contributed by atoms with Crippen LogP contribution in [-0.4, -0.2) is 49.7 Å². The van der Waals surface area contributed by atoms with Crippen LogP contribution in [0.4, 0.5) is 5.82 Å². The van der Waals surface area contributed by atoms with E-state index in [0.29, 0.717) is 12.1 Å². The summed E-state index contributed by atoms with van der Waals surface area (Å²) < 4.78 is 0. The average molecular weight is 276 g/mol. The Labute approximate surface area is 123 Å². The Balaban J connectivity index is 1.95. The van der Waals surface area contributed by atoms with Crippen LogP contribution in [0.3, 0.4) is 0 Å². The van der Waals surface area contributed by atoms with E-state index in [1.54, 1.807) is 0 Å². The van der Waals surface area contributed by atoms with Gasteiger partial charge in [-0.05, 0) is 52.0 Å². The molecule has 0 amide bonds. The number of nitrogens with zero attached hydrogens (tertiary/aromatic N) is 3. The predicted octanol–water partition coefficient (Wildman–Crippen LogP) is 2.28. The van der Waals surface area contributed by atoms with Crippen molar-refractivity contribution in [2.45, 2.75) is 38.8 Å². The van der Waals surface area contributed by atoms with Crippen LogP contribution < -0.4 is 10.2 Å². The molecule has 1 aromatic heterocycles. The van der Waals surface area contributed by atoms with E-state index in [4.69, 9.17) is 0 Å². The highest BCUT2D eigenvalue weighted by Gasteiger charge is 2.24. The maximum atomic E-state index is 4.65. The third kappa shape index (κ3) is 3.70. The van der Waals surface area contributed by atoms with E-state index in [0.717, 1.165) is 31.9 Å². The molecule has 1 N–H and O–H groups in total. The van der Waals surface area contributed by atoms with Crippen molar-refractivity contribution in [1.82, 2.24) is 15.2 Å². The SMILES string of the molecule is CCCNC(C)c1ccc(N2CCC(N(C)C)C2)nc1. The van der Waals surface area contributed by atoms with E-state index in [1.807, 2.05) is 6.20 Å². The standard InChI is InChI=1S/C16H28N4/c1-5-9-17-13(2)14-6-7-16(18-11-14)20-10-8-15(12-20)19(3)4/h6-7,11,13,15,17H,5,8-10,12H2,1-4H3. The van der Waals surface area contributed by atoms with Gasteiger partial charge in [0.1, 0.15) is 5.82 Å². The van der Waals surface area contributed by atoms with Crippen LogP contribution in [0.25, 0.3) is 0 Å². The highest BCUT2D eigenvalue weighted by molar-refractivity contribution is 5.41. The van der Waals surface area contributed by atoms with Crippen molar-refractivity contribution in [3.8, 4) is 0 Å².